The van der Waals surface area contributed by atoms with Crippen LogP contribution in [0.1, 0.15) is 52.0 Å². The highest BCUT2D eigenvalue weighted by atomic mass is 16.5. The maximum Gasteiger partial charge on any atom is 0.255 e. The number of phenols is 1. The molecule has 3 aromatic rings. The lowest BCUT2D eigenvalue weighted by molar-refractivity contribution is 0.102. The third-order valence-corrected chi connectivity index (χ3v) is 7.68. The van der Waals surface area contributed by atoms with Gasteiger partial charge < -0.3 is 25.8 Å². The van der Waals surface area contributed by atoms with E-state index >= 15 is 0 Å². The van der Waals surface area contributed by atoms with Crippen molar-refractivity contribution in [2.75, 3.05) is 49.2 Å². The molecule has 1 saturated carbocycles. The maximum atomic E-state index is 13.2. The van der Waals surface area contributed by atoms with Crippen molar-refractivity contribution in [1.82, 2.24) is 4.90 Å². The molecule has 4 N–H and O–H groups in total. The van der Waals surface area contributed by atoms with E-state index in [2.05, 4.69) is 15.1 Å². The fourth-order valence-corrected chi connectivity index (χ4v) is 5.13. The van der Waals surface area contributed by atoms with E-state index in [1.165, 1.54) is 31.4 Å². The second kappa shape index (κ2) is 11.1. The van der Waals surface area contributed by atoms with Crippen molar-refractivity contribution < 1.29 is 19.4 Å². The quantitative estimate of drug-likeness (QED) is 0.241. The third kappa shape index (κ3) is 5.31. The van der Waals surface area contributed by atoms with Crippen LogP contribution in [0, 0.1) is 0 Å². The fraction of sp³-hybridized carbons (Fsp3) is 0.333. The van der Waals surface area contributed by atoms with Crippen molar-refractivity contribution >= 4 is 28.8 Å². The van der Waals surface area contributed by atoms with Crippen LogP contribution < -0.4 is 20.7 Å². The molecule has 2 fully saturated rings. The summed E-state index contributed by atoms with van der Waals surface area (Å²) in [5, 5.41) is 13.4. The number of rotatable bonds is 7. The number of ketones is 1. The van der Waals surface area contributed by atoms with E-state index in [1.807, 2.05) is 12.1 Å². The Morgan fingerprint density at radius 3 is 2.26 bits per heavy atom. The molecule has 8 heteroatoms. The minimum absolute atomic E-state index is 0.0603. The molecule has 1 saturated heterocycles. The molecule has 1 amide bonds. The molecule has 1 aliphatic carbocycles. The number of hydrogen-bond acceptors (Lipinski definition) is 7. The SMILES string of the molecule is COc1ccc(C(=O)Nc2ccc(C(=O)c3ccc(N4CCCN(C5CCC5)CC4)cc3)c(O)c2N)cc1. The fourth-order valence-electron chi connectivity index (χ4n) is 5.13. The van der Waals surface area contributed by atoms with Gasteiger partial charge in [0.25, 0.3) is 5.91 Å². The number of carbonyl (C=O) groups is 2. The van der Waals surface area contributed by atoms with Gasteiger partial charge in [-0.25, -0.2) is 0 Å². The van der Waals surface area contributed by atoms with Gasteiger partial charge in [-0.3, -0.25) is 14.5 Å². The van der Waals surface area contributed by atoms with Gasteiger partial charge >= 0.3 is 0 Å². The van der Waals surface area contributed by atoms with Crippen LogP contribution in [0.3, 0.4) is 0 Å². The van der Waals surface area contributed by atoms with Crippen molar-refractivity contribution in [2.24, 2.45) is 0 Å². The maximum absolute atomic E-state index is 13.2. The molecule has 0 aromatic heterocycles. The first-order chi connectivity index (χ1) is 18.4. The minimum Gasteiger partial charge on any atom is -0.505 e. The van der Waals surface area contributed by atoms with Crippen LogP contribution in [-0.4, -0.2) is 61.0 Å². The number of benzene rings is 3. The number of methoxy groups -OCH3 is 1. The molecule has 8 nitrogen and oxygen atoms in total. The highest BCUT2D eigenvalue weighted by Crippen LogP contribution is 2.34. The van der Waals surface area contributed by atoms with Gasteiger partial charge in [-0.1, -0.05) is 6.42 Å². The normalized spacial score (nSPS) is 16.4. The van der Waals surface area contributed by atoms with Gasteiger partial charge in [0, 0.05) is 49.0 Å². The predicted octanol–water partition coefficient (Wildman–Crippen LogP) is 4.53. The molecule has 3 aromatic carbocycles. The standard InChI is InChI=1S/C30H34N4O4/c1-38-24-12-8-21(9-13-24)30(37)32-26-15-14-25(29(36)27(26)31)28(35)20-6-10-23(11-7-20)34-17-3-16-33(18-19-34)22-4-2-5-22/h6-15,22,36H,2-5,16-19,31H2,1H3,(H,32,37). The third-order valence-electron chi connectivity index (χ3n) is 7.68. The molecule has 0 radical (unpaired) electrons. The molecule has 1 aliphatic heterocycles. The Kier molecular flexibility index (Phi) is 7.51. The number of carbonyl (C=O) groups excluding carboxylic acids is 2. The summed E-state index contributed by atoms with van der Waals surface area (Å²) in [6, 6.07) is 17.9. The average Bonchev–Trinajstić information content (AvgIpc) is 3.16. The van der Waals surface area contributed by atoms with E-state index in [0.29, 0.717) is 16.9 Å². The molecule has 0 spiro atoms. The summed E-state index contributed by atoms with van der Waals surface area (Å²) in [5.74, 6) is -0.439. The number of nitrogens with one attached hydrogen (secondary N) is 1. The van der Waals surface area contributed by atoms with E-state index in [4.69, 9.17) is 10.5 Å². The number of aromatic hydroxyl groups is 1. The summed E-state index contributed by atoms with van der Waals surface area (Å²) in [6.45, 7) is 4.19. The van der Waals surface area contributed by atoms with E-state index in [9.17, 15) is 14.7 Å². The van der Waals surface area contributed by atoms with Gasteiger partial charge in [0.1, 0.15) is 5.75 Å². The van der Waals surface area contributed by atoms with Crippen LogP contribution in [0.15, 0.2) is 60.7 Å². The van der Waals surface area contributed by atoms with Gasteiger partial charge in [0.2, 0.25) is 0 Å². The lowest BCUT2D eigenvalue weighted by atomic mass is 9.91. The number of anilines is 3. The average molecular weight is 515 g/mol. The summed E-state index contributed by atoms with van der Waals surface area (Å²) in [6.07, 6.45) is 5.13. The second-order valence-electron chi connectivity index (χ2n) is 9.94. The first kappa shape index (κ1) is 25.6. The number of nitrogen functional groups attached to an aromatic ring is 1. The topological polar surface area (TPSA) is 108 Å². The summed E-state index contributed by atoms with van der Waals surface area (Å²) in [7, 11) is 1.55. The lowest BCUT2D eigenvalue weighted by Crippen LogP contribution is -2.42. The molecule has 198 valence electrons. The van der Waals surface area contributed by atoms with Gasteiger partial charge in [-0.05, 0) is 79.9 Å². The van der Waals surface area contributed by atoms with Crippen molar-refractivity contribution in [2.45, 2.75) is 31.7 Å². The largest absolute Gasteiger partial charge is 0.505 e. The van der Waals surface area contributed by atoms with E-state index in [-0.39, 0.29) is 28.5 Å². The molecule has 0 unspecified atom stereocenters. The second-order valence-corrected chi connectivity index (χ2v) is 9.94. The summed E-state index contributed by atoms with van der Waals surface area (Å²) < 4.78 is 5.11. The van der Waals surface area contributed by atoms with Crippen molar-refractivity contribution in [3.8, 4) is 11.5 Å². The smallest absolute Gasteiger partial charge is 0.255 e. The zero-order chi connectivity index (χ0) is 26.6. The van der Waals surface area contributed by atoms with Crippen LogP contribution in [-0.2, 0) is 0 Å². The van der Waals surface area contributed by atoms with Crippen LogP contribution in [0.4, 0.5) is 17.1 Å². The number of hydrogen-bond donors (Lipinski definition) is 3. The molecular weight excluding hydrogens is 480 g/mol. The van der Waals surface area contributed by atoms with Gasteiger partial charge in [0.15, 0.2) is 11.5 Å². The number of amides is 1. The van der Waals surface area contributed by atoms with Gasteiger partial charge in [-0.15, -0.1) is 0 Å². The molecule has 0 atom stereocenters. The Morgan fingerprint density at radius 1 is 0.895 bits per heavy atom. The summed E-state index contributed by atoms with van der Waals surface area (Å²) in [4.78, 5) is 30.8. The van der Waals surface area contributed by atoms with Crippen LogP contribution in [0.2, 0.25) is 0 Å². The van der Waals surface area contributed by atoms with Crippen molar-refractivity contribution in [3.05, 3.63) is 77.4 Å². The van der Waals surface area contributed by atoms with Crippen LogP contribution in [0.25, 0.3) is 0 Å². The van der Waals surface area contributed by atoms with Crippen molar-refractivity contribution in [3.63, 3.8) is 0 Å². The molecular formula is C30H34N4O4. The van der Waals surface area contributed by atoms with Crippen LogP contribution in [0.5, 0.6) is 11.5 Å². The highest BCUT2D eigenvalue weighted by molar-refractivity contribution is 6.13. The minimum atomic E-state index is -0.391. The first-order valence-electron chi connectivity index (χ1n) is 13.1. The number of phenolic OH excluding ortho intramolecular Hbond substituents is 1. The van der Waals surface area contributed by atoms with E-state index in [0.717, 1.165) is 44.3 Å². The molecule has 2 aliphatic rings. The summed E-state index contributed by atoms with van der Waals surface area (Å²) in [5.41, 5.74) is 8.33. The molecule has 0 bridgehead atoms. The Bertz CT molecular complexity index is 1300. The number of nitrogens with zero attached hydrogens (tertiary/aromatic N) is 2. The van der Waals surface area contributed by atoms with Gasteiger partial charge in [-0.2, -0.15) is 0 Å². The monoisotopic (exact) mass is 514 g/mol. The Balaban J connectivity index is 1.25. The Labute approximate surface area is 223 Å². The molecule has 5 rings (SSSR count). The zero-order valence-corrected chi connectivity index (χ0v) is 21.7. The molecule has 1 heterocycles. The van der Waals surface area contributed by atoms with E-state index in [1.54, 1.807) is 43.5 Å². The molecule has 38 heavy (non-hydrogen) atoms. The zero-order valence-electron chi connectivity index (χ0n) is 21.7. The predicted molar refractivity (Wildman–Crippen MR) is 149 cm³/mol. The van der Waals surface area contributed by atoms with Crippen molar-refractivity contribution in [1.29, 1.82) is 0 Å². The van der Waals surface area contributed by atoms with Crippen LogP contribution >= 0.6 is 0 Å². The lowest BCUT2D eigenvalue weighted by Gasteiger charge is -2.36. The highest BCUT2D eigenvalue weighted by Gasteiger charge is 2.27. The summed E-state index contributed by atoms with van der Waals surface area (Å²) >= 11 is 0. The Hall–Kier alpha value is -4.04. The number of nitrogens with two attached hydrogens (primary N) is 1. The van der Waals surface area contributed by atoms with Gasteiger partial charge in [0.05, 0.1) is 24.0 Å². The van der Waals surface area contributed by atoms with E-state index < -0.39 is 5.91 Å². The number of ether oxygens (including phenoxy) is 1. The first-order valence-corrected chi connectivity index (χ1v) is 13.1. The Morgan fingerprint density at radius 2 is 1.61 bits per heavy atom.